The van der Waals surface area contributed by atoms with Crippen molar-refractivity contribution in [3.05, 3.63) is 0 Å². The molecule has 1 aliphatic rings. The van der Waals surface area contributed by atoms with Gasteiger partial charge in [0.2, 0.25) is 0 Å². The molecule has 1 fully saturated rings. The summed E-state index contributed by atoms with van der Waals surface area (Å²) in [6.45, 7) is 10.5. The fourth-order valence-electron chi connectivity index (χ4n) is 3.20. The first-order chi connectivity index (χ1) is 6.33. The van der Waals surface area contributed by atoms with Crippen LogP contribution < -0.4 is 0 Å². The van der Waals surface area contributed by atoms with Crippen LogP contribution in [0.4, 0.5) is 0 Å². The van der Waals surface area contributed by atoms with Gasteiger partial charge < -0.3 is 5.11 Å². The van der Waals surface area contributed by atoms with E-state index in [1.807, 2.05) is 0 Å². The van der Waals surface area contributed by atoms with Crippen molar-refractivity contribution in [2.45, 2.75) is 47.5 Å². The normalized spacial score (nSPS) is 41.4. The van der Waals surface area contributed by atoms with Crippen LogP contribution in [0, 0.1) is 22.7 Å². The largest absolute Gasteiger partial charge is 0.481 e. The van der Waals surface area contributed by atoms with E-state index in [0.29, 0.717) is 11.8 Å². The van der Waals surface area contributed by atoms with Gasteiger partial charge in [0.05, 0.1) is 5.41 Å². The summed E-state index contributed by atoms with van der Waals surface area (Å²) >= 11 is 0. The highest BCUT2D eigenvalue weighted by Crippen LogP contribution is 2.73. The van der Waals surface area contributed by atoms with Gasteiger partial charge in [-0.15, -0.1) is 0 Å². The van der Waals surface area contributed by atoms with Crippen molar-refractivity contribution in [1.29, 1.82) is 0 Å². The molecule has 3 atom stereocenters. The van der Waals surface area contributed by atoms with Crippen LogP contribution >= 0.6 is 0 Å². The maximum Gasteiger partial charge on any atom is 0.310 e. The number of hydrogen-bond donors (Lipinski definition) is 1. The molecule has 0 aromatic rings. The van der Waals surface area contributed by atoms with Crippen LogP contribution in [-0.4, -0.2) is 11.1 Å². The summed E-state index contributed by atoms with van der Waals surface area (Å²) < 4.78 is 0. The maximum absolute atomic E-state index is 11.4. The average molecular weight is 198 g/mol. The van der Waals surface area contributed by atoms with E-state index in [0.717, 1.165) is 12.8 Å². The Bertz CT molecular complexity index is 247. The Labute approximate surface area is 86.7 Å². The third-order valence-electron chi connectivity index (χ3n) is 4.48. The molecule has 82 valence electrons. The van der Waals surface area contributed by atoms with Crippen LogP contribution in [0.5, 0.6) is 0 Å². The number of carbonyl (C=O) groups is 1. The van der Waals surface area contributed by atoms with Gasteiger partial charge in [-0.3, -0.25) is 4.79 Å². The molecule has 1 saturated carbocycles. The predicted octanol–water partition coefficient (Wildman–Crippen LogP) is 3.17. The minimum atomic E-state index is -0.594. The van der Waals surface area contributed by atoms with Crippen molar-refractivity contribution in [3.63, 3.8) is 0 Å². The van der Waals surface area contributed by atoms with Crippen molar-refractivity contribution in [2.75, 3.05) is 0 Å². The second-order valence-corrected chi connectivity index (χ2v) is 5.37. The van der Waals surface area contributed by atoms with E-state index < -0.39 is 11.4 Å². The molecule has 0 aliphatic heterocycles. The van der Waals surface area contributed by atoms with Gasteiger partial charge in [0.15, 0.2) is 0 Å². The lowest BCUT2D eigenvalue weighted by Crippen LogP contribution is -2.24. The fraction of sp³-hybridized carbons (Fsp3) is 0.917. The number of carboxylic acid groups (broad SMARTS) is 1. The Kier molecular flexibility index (Phi) is 2.68. The summed E-state index contributed by atoms with van der Waals surface area (Å²) in [6, 6.07) is 0. The van der Waals surface area contributed by atoms with Crippen LogP contribution in [0.2, 0.25) is 0 Å². The van der Waals surface area contributed by atoms with E-state index in [1.165, 1.54) is 0 Å². The zero-order chi connectivity index (χ0) is 11.1. The van der Waals surface area contributed by atoms with Gasteiger partial charge in [0.25, 0.3) is 0 Å². The molecule has 1 N–H and O–H groups in total. The van der Waals surface area contributed by atoms with Gasteiger partial charge >= 0.3 is 5.97 Å². The zero-order valence-electron chi connectivity index (χ0n) is 9.92. The number of rotatable bonds is 4. The van der Waals surface area contributed by atoms with Crippen molar-refractivity contribution in [2.24, 2.45) is 22.7 Å². The van der Waals surface area contributed by atoms with Gasteiger partial charge in [-0.1, -0.05) is 34.6 Å². The fourth-order valence-corrected chi connectivity index (χ4v) is 3.20. The van der Waals surface area contributed by atoms with Gasteiger partial charge in [-0.2, -0.15) is 0 Å². The predicted molar refractivity (Wildman–Crippen MR) is 57.1 cm³/mol. The quantitative estimate of drug-likeness (QED) is 0.753. The summed E-state index contributed by atoms with van der Waals surface area (Å²) in [5.41, 5.74) is -0.432. The van der Waals surface area contributed by atoms with Crippen LogP contribution in [0.15, 0.2) is 0 Å². The molecule has 3 unspecified atom stereocenters. The van der Waals surface area contributed by atoms with Gasteiger partial charge in [0.1, 0.15) is 0 Å². The Balaban J connectivity index is 2.94. The highest BCUT2D eigenvalue weighted by molar-refractivity contribution is 5.80. The van der Waals surface area contributed by atoms with Gasteiger partial charge in [-0.05, 0) is 30.1 Å². The topological polar surface area (TPSA) is 37.3 Å². The summed E-state index contributed by atoms with van der Waals surface area (Å²) in [6.07, 6.45) is 1.78. The molecule has 0 heterocycles. The second-order valence-electron chi connectivity index (χ2n) is 5.37. The highest BCUT2D eigenvalue weighted by atomic mass is 16.4. The lowest BCUT2D eigenvalue weighted by Gasteiger charge is -2.19. The number of carboxylic acids is 1. The summed E-state index contributed by atoms with van der Waals surface area (Å²) in [5, 5.41) is 9.39. The molecule has 1 rings (SSSR count). The van der Waals surface area contributed by atoms with E-state index in [-0.39, 0.29) is 5.41 Å². The number of hydrogen-bond acceptors (Lipinski definition) is 1. The zero-order valence-corrected chi connectivity index (χ0v) is 9.92. The van der Waals surface area contributed by atoms with Crippen molar-refractivity contribution in [1.82, 2.24) is 0 Å². The Morgan fingerprint density at radius 2 is 2.00 bits per heavy atom. The van der Waals surface area contributed by atoms with Gasteiger partial charge in [-0.25, -0.2) is 0 Å². The molecular formula is C12H22O2. The SMILES string of the molecule is CCC1(C)C(C)C1(CC(C)C)C(=O)O. The van der Waals surface area contributed by atoms with Crippen LogP contribution in [0.25, 0.3) is 0 Å². The molecule has 0 saturated heterocycles. The standard InChI is InChI=1S/C12H22O2/c1-6-11(5)9(4)12(11,10(13)14)7-8(2)3/h8-9H,6-7H2,1-5H3,(H,13,14). The first kappa shape index (κ1) is 11.5. The Morgan fingerprint density at radius 3 is 2.21 bits per heavy atom. The average Bonchev–Trinajstić information content (AvgIpc) is 2.54. The molecule has 0 amide bonds. The van der Waals surface area contributed by atoms with Crippen molar-refractivity contribution >= 4 is 5.97 Å². The van der Waals surface area contributed by atoms with E-state index in [4.69, 9.17) is 0 Å². The minimum Gasteiger partial charge on any atom is -0.481 e. The van der Waals surface area contributed by atoms with E-state index >= 15 is 0 Å². The Morgan fingerprint density at radius 1 is 1.50 bits per heavy atom. The highest BCUT2D eigenvalue weighted by Gasteiger charge is 2.74. The second kappa shape index (κ2) is 3.25. The monoisotopic (exact) mass is 198 g/mol. The lowest BCUT2D eigenvalue weighted by molar-refractivity contribution is -0.146. The smallest absolute Gasteiger partial charge is 0.310 e. The van der Waals surface area contributed by atoms with E-state index in [1.54, 1.807) is 0 Å². The molecule has 2 heteroatoms. The first-order valence-corrected chi connectivity index (χ1v) is 5.56. The molecule has 0 bridgehead atoms. The lowest BCUT2D eigenvalue weighted by atomic mass is 9.85. The molecule has 2 nitrogen and oxygen atoms in total. The maximum atomic E-state index is 11.4. The first-order valence-electron chi connectivity index (χ1n) is 5.56. The van der Waals surface area contributed by atoms with Gasteiger partial charge in [0, 0.05) is 0 Å². The van der Waals surface area contributed by atoms with Crippen LogP contribution in [0.3, 0.4) is 0 Å². The molecule has 0 radical (unpaired) electrons. The summed E-state index contributed by atoms with van der Waals surface area (Å²) in [5.74, 6) is 0.185. The third kappa shape index (κ3) is 1.19. The summed E-state index contributed by atoms with van der Waals surface area (Å²) in [7, 11) is 0. The molecule has 0 spiro atoms. The van der Waals surface area contributed by atoms with E-state index in [2.05, 4.69) is 34.6 Å². The molecule has 1 aliphatic carbocycles. The molecule has 0 aromatic carbocycles. The minimum absolute atomic E-state index is 0.0170. The van der Waals surface area contributed by atoms with Crippen LogP contribution in [0.1, 0.15) is 47.5 Å². The van der Waals surface area contributed by atoms with Crippen molar-refractivity contribution in [3.8, 4) is 0 Å². The van der Waals surface area contributed by atoms with E-state index in [9.17, 15) is 9.90 Å². The molecule has 0 aromatic heterocycles. The number of aliphatic carboxylic acids is 1. The van der Waals surface area contributed by atoms with Crippen LogP contribution in [-0.2, 0) is 4.79 Å². The molecule has 14 heavy (non-hydrogen) atoms. The Hall–Kier alpha value is -0.530. The third-order valence-corrected chi connectivity index (χ3v) is 4.48. The molecular weight excluding hydrogens is 176 g/mol. The van der Waals surface area contributed by atoms with Crippen molar-refractivity contribution < 1.29 is 9.90 Å². The summed E-state index contributed by atoms with van der Waals surface area (Å²) in [4.78, 5) is 11.4.